The molecule has 1 N–H and O–H groups in total. The fourth-order valence-electron chi connectivity index (χ4n) is 1.99. The summed E-state index contributed by atoms with van der Waals surface area (Å²) in [6, 6.07) is 9.06. The molecule has 2 atom stereocenters. The molecule has 15 heavy (non-hydrogen) atoms. The Balaban J connectivity index is 0.00000112. The normalized spacial score (nSPS) is 23.0. The molecule has 2 rings (SSSR count). The maximum atomic E-state index is 3.72. The zero-order valence-electron chi connectivity index (χ0n) is 8.45. The quantitative estimate of drug-likeness (QED) is 0.660. The second-order valence-electron chi connectivity index (χ2n) is 3.59. The Kier molecular flexibility index (Phi) is 5.03. The van der Waals surface area contributed by atoms with Gasteiger partial charge in [-0.2, -0.15) is 0 Å². The van der Waals surface area contributed by atoms with Crippen molar-refractivity contribution in [3.8, 4) is 0 Å². The summed E-state index contributed by atoms with van der Waals surface area (Å²) in [5.41, 5.74) is 2.88. The highest BCUT2D eigenvalue weighted by Gasteiger charge is 2.29. The Morgan fingerprint density at radius 3 is 2.93 bits per heavy atom. The smallest absolute Gasteiger partial charge is 0.0455 e. The molecule has 1 nitrogen and oxygen atoms in total. The van der Waals surface area contributed by atoms with Crippen LogP contribution in [-0.2, 0) is 6.42 Å². The average molecular weight is 333 g/mol. The predicted octanol–water partition coefficient (Wildman–Crippen LogP) is 3.40. The summed E-state index contributed by atoms with van der Waals surface area (Å²) in [4.78, 5) is 0.514. The van der Waals surface area contributed by atoms with Crippen LogP contribution in [-0.4, -0.2) is 11.4 Å². The summed E-state index contributed by atoms with van der Waals surface area (Å²) < 4.78 is 0. The molecule has 0 aromatic heterocycles. The second-order valence-corrected chi connectivity index (χ2v) is 4.77. The van der Waals surface area contributed by atoms with Crippen LogP contribution >= 0.6 is 32.9 Å². The molecule has 1 aliphatic carbocycles. The highest BCUT2D eigenvalue weighted by Crippen LogP contribution is 2.35. The van der Waals surface area contributed by atoms with Crippen LogP contribution in [0.5, 0.6) is 0 Å². The minimum Gasteiger partial charge on any atom is -0.305 e. The molecule has 0 amide bonds. The Bertz CT molecular complexity index is 338. The van der Waals surface area contributed by atoms with E-state index in [1.807, 2.05) is 6.08 Å². The zero-order valence-corrected chi connectivity index (χ0v) is 11.7. The standard InChI is InChI=1S/C12H14BrN.BrH/c1-2-7-14-12-10-6-4-3-5-9(10)8-11(12)13;/h2-6,11-12,14H,1,7-8H2;1H/t11?,12-;/m1./s1. The third kappa shape index (κ3) is 2.71. The van der Waals surface area contributed by atoms with Crippen molar-refractivity contribution < 1.29 is 0 Å². The molecule has 0 saturated carbocycles. The molecule has 0 heterocycles. The van der Waals surface area contributed by atoms with Crippen LogP contribution < -0.4 is 5.32 Å². The summed E-state index contributed by atoms with van der Waals surface area (Å²) in [5, 5.41) is 3.47. The van der Waals surface area contributed by atoms with E-state index in [1.165, 1.54) is 11.1 Å². The van der Waals surface area contributed by atoms with E-state index in [1.54, 1.807) is 0 Å². The third-order valence-electron chi connectivity index (χ3n) is 2.65. The molecular formula is C12H15Br2N. The molecule has 82 valence electrons. The first-order valence-electron chi connectivity index (χ1n) is 4.89. The lowest BCUT2D eigenvalue weighted by Crippen LogP contribution is -2.25. The number of rotatable bonds is 3. The first kappa shape index (κ1) is 12.9. The Labute approximate surface area is 110 Å². The van der Waals surface area contributed by atoms with E-state index in [4.69, 9.17) is 0 Å². The summed E-state index contributed by atoms with van der Waals surface area (Å²) in [6.07, 6.45) is 3.02. The minimum atomic E-state index is 0. The number of fused-ring (bicyclic) bond motifs is 1. The topological polar surface area (TPSA) is 12.0 Å². The fourth-order valence-corrected chi connectivity index (χ4v) is 2.81. The first-order valence-corrected chi connectivity index (χ1v) is 5.80. The minimum absolute atomic E-state index is 0. The van der Waals surface area contributed by atoms with E-state index in [0.29, 0.717) is 10.9 Å². The number of hydrogen-bond acceptors (Lipinski definition) is 1. The number of halogens is 2. The Morgan fingerprint density at radius 1 is 1.47 bits per heavy atom. The maximum Gasteiger partial charge on any atom is 0.0455 e. The third-order valence-corrected chi connectivity index (χ3v) is 3.50. The number of alkyl halides is 1. The monoisotopic (exact) mass is 331 g/mol. The van der Waals surface area contributed by atoms with Crippen molar-refractivity contribution in [2.24, 2.45) is 0 Å². The predicted molar refractivity (Wildman–Crippen MR) is 74.1 cm³/mol. The van der Waals surface area contributed by atoms with E-state index < -0.39 is 0 Å². The Morgan fingerprint density at radius 2 is 2.20 bits per heavy atom. The van der Waals surface area contributed by atoms with E-state index in [-0.39, 0.29) is 17.0 Å². The molecule has 0 aliphatic heterocycles. The van der Waals surface area contributed by atoms with Crippen molar-refractivity contribution in [1.82, 2.24) is 5.32 Å². The molecule has 0 saturated heterocycles. The van der Waals surface area contributed by atoms with Gasteiger partial charge in [-0.15, -0.1) is 23.6 Å². The summed E-state index contributed by atoms with van der Waals surface area (Å²) in [6.45, 7) is 4.59. The van der Waals surface area contributed by atoms with E-state index in [9.17, 15) is 0 Å². The Hall–Kier alpha value is -0.120. The van der Waals surface area contributed by atoms with Gasteiger partial charge in [0.15, 0.2) is 0 Å². The fraction of sp³-hybridized carbons (Fsp3) is 0.333. The SMILES string of the molecule is Br.C=CCN[C@@H]1c2ccccc2CC1Br. The average Bonchev–Trinajstić information content (AvgIpc) is 2.51. The van der Waals surface area contributed by atoms with Crippen molar-refractivity contribution in [1.29, 1.82) is 0 Å². The number of nitrogens with one attached hydrogen (secondary N) is 1. The second kappa shape index (κ2) is 5.83. The van der Waals surface area contributed by atoms with Crippen molar-refractivity contribution in [2.45, 2.75) is 17.3 Å². The largest absolute Gasteiger partial charge is 0.305 e. The lowest BCUT2D eigenvalue weighted by molar-refractivity contribution is 0.581. The molecule has 0 bridgehead atoms. The van der Waals surface area contributed by atoms with Gasteiger partial charge < -0.3 is 5.32 Å². The van der Waals surface area contributed by atoms with Crippen molar-refractivity contribution in [3.05, 3.63) is 48.0 Å². The van der Waals surface area contributed by atoms with Gasteiger partial charge in [-0.1, -0.05) is 46.3 Å². The molecule has 0 fully saturated rings. The lowest BCUT2D eigenvalue weighted by Gasteiger charge is -2.16. The van der Waals surface area contributed by atoms with E-state index in [0.717, 1.165) is 13.0 Å². The van der Waals surface area contributed by atoms with Gasteiger partial charge in [0.1, 0.15) is 0 Å². The van der Waals surface area contributed by atoms with Gasteiger partial charge >= 0.3 is 0 Å². The summed E-state index contributed by atoms with van der Waals surface area (Å²) >= 11 is 3.72. The van der Waals surface area contributed by atoms with Gasteiger partial charge in [-0.25, -0.2) is 0 Å². The zero-order chi connectivity index (χ0) is 9.97. The van der Waals surface area contributed by atoms with Crippen LogP contribution in [0, 0.1) is 0 Å². The van der Waals surface area contributed by atoms with Crippen LogP contribution in [0.25, 0.3) is 0 Å². The van der Waals surface area contributed by atoms with E-state index >= 15 is 0 Å². The number of hydrogen-bond donors (Lipinski definition) is 1. The molecule has 0 spiro atoms. The van der Waals surface area contributed by atoms with Gasteiger partial charge in [-0.3, -0.25) is 0 Å². The van der Waals surface area contributed by atoms with Crippen molar-refractivity contribution in [2.75, 3.05) is 6.54 Å². The lowest BCUT2D eigenvalue weighted by atomic mass is 10.1. The molecule has 1 unspecified atom stereocenters. The van der Waals surface area contributed by atoms with Crippen LogP contribution in [0.15, 0.2) is 36.9 Å². The van der Waals surface area contributed by atoms with Gasteiger partial charge in [-0.05, 0) is 17.5 Å². The summed E-state index contributed by atoms with van der Waals surface area (Å²) in [7, 11) is 0. The number of benzene rings is 1. The van der Waals surface area contributed by atoms with Crippen LogP contribution in [0.3, 0.4) is 0 Å². The summed E-state index contributed by atoms with van der Waals surface area (Å²) in [5.74, 6) is 0. The van der Waals surface area contributed by atoms with Crippen LogP contribution in [0.1, 0.15) is 17.2 Å². The van der Waals surface area contributed by atoms with Crippen LogP contribution in [0.4, 0.5) is 0 Å². The van der Waals surface area contributed by atoms with Gasteiger partial charge in [0.2, 0.25) is 0 Å². The van der Waals surface area contributed by atoms with Crippen LogP contribution in [0.2, 0.25) is 0 Å². The maximum absolute atomic E-state index is 3.72. The molecule has 3 heteroatoms. The molecule has 0 radical (unpaired) electrons. The molecule has 1 aromatic rings. The molecular weight excluding hydrogens is 318 g/mol. The highest BCUT2D eigenvalue weighted by molar-refractivity contribution is 9.09. The van der Waals surface area contributed by atoms with E-state index in [2.05, 4.69) is 52.1 Å². The van der Waals surface area contributed by atoms with Gasteiger partial charge in [0.25, 0.3) is 0 Å². The van der Waals surface area contributed by atoms with Gasteiger partial charge in [0, 0.05) is 17.4 Å². The molecule has 1 aliphatic rings. The van der Waals surface area contributed by atoms with Crippen molar-refractivity contribution >= 4 is 32.9 Å². The first-order chi connectivity index (χ1) is 6.83. The molecule has 1 aromatic carbocycles. The van der Waals surface area contributed by atoms with Gasteiger partial charge in [0.05, 0.1) is 0 Å². The van der Waals surface area contributed by atoms with Crippen molar-refractivity contribution in [3.63, 3.8) is 0 Å². The highest BCUT2D eigenvalue weighted by atomic mass is 79.9.